The maximum atomic E-state index is 12.1. The van der Waals surface area contributed by atoms with Gasteiger partial charge in [-0.05, 0) is 17.0 Å². The third-order valence-electron chi connectivity index (χ3n) is 2.93. The summed E-state index contributed by atoms with van der Waals surface area (Å²) in [5, 5.41) is 15.8. The molecule has 0 aliphatic rings. The standard InChI is InChI=1S/C15H12N4O/c16-15-17-13(11-7-3-1-4-8-11)14(19(20)18-15)12-9-5-2-6-10-12/h1-10H,(H2,16,17,18). The van der Waals surface area contributed by atoms with Gasteiger partial charge in [-0.1, -0.05) is 48.5 Å². The highest BCUT2D eigenvalue weighted by Crippen LogP contribution is 2.27. The van der Waals surface area contributed by atoms with E-state index in [1.807, 2.05) is 60.7 Å². The fourth-order valence-corrected chi connectivity index (χ4v) is 2.06. The number of nitrogen functional groups attached to an aromatic ring is 1. The maximum absolute atomic E-state index is 12.1. The molecule has 98 valence electrons. The first-order valence-electron chi connectivity index (χ1n) is 6.14. The lowest BCUT2D eigenvalue weighted by Crippen LogP contribution is -2.36. The first-order valence-corrected chi connectivity index (χ1v) is 6.14. The van der Waals surface area contributed by atoms with Crippen LogP contribution in [0.4, 0.5) is 5.95 Å². The first-order chi connectivity index (χ1) is 9.75. The highest BCUT2D eigenvalue weighted by molar-refractivity contribution is 5.76. The van der Waals surface area contributed by atoms with E-state index in [4.69, 9.17) is 5.73 Å². The average Bonchev–Trinajstić information content (AvgIpc) is 2.48. The van der Waals surface area contributed by atoms with Crippen LogP contribution in [0.25, 0.3) is 22.5 Å². The number of aromatic nitrogens is 3. The van der Waals surface area contributed by atoms with Gasteiger partial charge >= 0.3 is 0 Å². The normalized spacial score (nSPS) is 10.4. The summed E-state index contributed by atoms with van der Waals surface area (Å²) in [6.45, 7) is 0. The van der Waals surface area contributed by atoms with E-state index in [1.165, 1.54) is 0 Å². The Bertz CT molecular complexity index is 730. The molecular formula is C15H12N4O. The Hall–Kier alpha value is -2.95. The van der Waals surface area contributed by atoms with Gasteiger partial charge in [-0.3, -0.25) is 0 Å². The number of anilines is 1. The zero-order chi connectivity index (χ0) is 13.9. The second kappa shape index (κ2) is 4.97. The SMILES string of the molecule is Nc1nc(-c2ccccc2)c(-c2ccccc2)[n+]([O-])n1. The minimum atomic E-state index is -0.0430. The average molecular weight is 264 g/mol. The molecule has 0 bridgehead atoms. The van der Waals surface area contributed by atoms with E-state index in [1.54, 1.807) is 0 Å². The number of nitrogens with zero attached hydrogens (tertiary/aromatic N) is 3. The van der Waals surface area contributed by atoms with Gasteiger partial charge in [0.05, 0.1) is 10.7 Å². The number of benzene rings is 2. The Balaban J connectivity index is 2.29. The predicted octanol–water partition coefficient (Wildman–Crippen LogP) is 2.03. The third-order valence-corrected chi connectivity index (χ3v) is 2.93. The molecule has 2 N–H and O–H groups in total. The van der Waals surface area contributed by atoms with Crippen LogP contribution in [-0.4, -0.2) is 10.1 Å². The molecule has 0 amide bonds. The summed E-state index contributed by atoms with van der Waals surface area (Å²) in [6.07, 6.45) is 0. The van der Waals surface area contributed by atoms with E-state index in [0.29, 0.717) is 16.2 Å². The van der Waals surface area contributed by atoms with Crippen molar-refractivity contribution in [1.29, 1.82) is 0 Å². The Kier molecular flexibility index (Phi) is 3.01. The molecular weight excluding hydrogens is 252 g/mol. The summed E-state index contributed by atoms with van der Waals surface area (Å²) < 4.78 is 0. The van der Waals surface area contributed by atoms with Crippen molar-refractivity contribution in [3.8, 4) is 22.5 Å². The van der Waals surface area contributed by atoms with Crippen molar-refractivity contribution in [2.75, 3.05) is 5.73 Å². The monoisotopic (exact) mass is 264 g/mol. The molecule has 0 atom stereocenters. The molecule has 2 aromatic carbocycles. The van der Waals surface area contributed by atoms with E-state index in [2.05, 4.69) is 10.1 Å². The molecule has 3 aromatic rings. The topological polar surface area (TPSA) is 78.7 Å². The number of nitrogens with two attached hydrogens (primary N) is 1. The van der Waals surface area contributed by atoms with Crippen LogP contribution < -0.4 is 10.6 Å². The molecule has 0 aliphatic heterocycles. The quantitative estimate of drug-likeness (QED) is 0.567. The molecule has 0 saturated heterocycles. The maximum Gasteiger partial charge on any atom is 0.288 e. The van der Waals surface area contributed by atoms with E-state index >= 15 is 0 Å². The van der Waals surface area contributed by atoms with Crippen molar-refractivity contribution < 1.29 is 4.85 Å². The van der Waals surface area contributed by atoms with E-state index in [-0.39, 0.29) is 5.95 Å². The Morgan fingerprint density at radius 2 is 1.40 bits per heavy atom. The van der Waals surface area contributed by atoms with Crippen molar-refractivity contribution in [2.45, 2.75) is 0 Å². The summed E-state index contributed by atoms with van der Waals surface area (Å²) in [7, 11) is 0. The molecule has 20 heavy (non-hydrogen) atoms. The van der Waals surface area contributed by atoms with Crippen molar-refractivity contribution in [3.05, 3.63) is 65.9 Å². The van der Waals surface area contributed by atoms with Crippen LogP contribution in [0.1, 0.15) is 0 Å². The molecule has 0 fully saturated rings. The zero-order valence-electron chi connectivity index (χ0n) is 10.6. The zero-order valence-corrected chi connectivity index (χ0v) is 10.6. The predicted molar refractivity (Wildman–Crippen MR) is 76.3 cm³/mol. The van der Waals surface area contributed by atoms with E-state index in [0.717, 1.165) is 11.1 Å². The number of rotatable bonds is 2. The van der Waals surface area contributed by atoms with Gasteiger partial charge in [-0.15, -0.1) is 0 Å². The summed E-state index contributed by atoms with van der Waals surface area (Å²) >= 11 is 0. The van der Waals surface area contributed by atoms with Crippen LogP contribution in [0.5, 0.6) is 0 Å². The molecule has 0 spiro atoms. The fourth-order valence-electron chi connectivity index (χ4n) is 2.06. The molecule has 5 heteroatoms. The largest absolute Gasteiger partial charge is 0.594 e. The van der Waals surface area contributed by atoms with Crippen molar-refractivity contribution in [2.24, 2.45) is 0 Å². The van der Waals surface area contributed by atoms with Crippen molar-refractivity contribution in [1.82, 2.24) is 10.1 Å². The number of hydrogen-bond acceptors (Lipinski definition) is 4. The lowest BCUT2D eigenvalue weighted by atomic mass is 10.0. The van der Waals surface area contributed by atoms with Crippen molar-refractivity contribution >= 4 is 5.95 Å². The third kappa shape index (κ3) is 2.16. The van der Waals surface area contributed by atoms with Crippen LogP contribution >= 0.6 is 0 Å². The van der Waals surface area contributed by atoms with Crippen LogP contribution in [0.15, 0.2) is 60.7 Å². The molecule has 3 rings (SSSR count). The highest BCUT2D eigenvalue weighted by Gasteiger charge is 2.21. The minimum absolute atomic E-state index is 0.0430. The molecule has 1 aromatic heterocycles. The van der Waals surface area contributed by atoms with Crippen molar-refractivity contribution in [3.63, 3.8) is 0 Å². The van der Waals surface area contributed by atoms with E-state index in [9.17, 15) is 5.21 Å². The van der Waals surface area contributed by atoms with Crippen LogP contribution in [-0.2, 0) is 0 Å². The van der Waals surface area contributed by atoms with Crippen LogP contribution in [0.3, 0.4) is 0 Å². The second-order valence-corrected chi connectivity index (χ2v) is 4.27. The highest BCUT2D eigenvalue weighted by atomic mass is 16.5. The lowest BCUT2D eigenvalue weighted by molar-refractivity contribution is -0.656. The lowest BCUT2D eigenvalue weighted by Gasteiger charge is -2.08. The molecule has 0 saturated carbocycles. The Morgan fingerprint density at radius 1 is 0.850 bits per heavy atom. The van der Waals surface area contributed by atoms with Gasteiger partial charge in [0, 0.05) is 5.56 Å². The summed E-state index contributed by atoms with van der Waals surface area (Å²) in [5.41, 5.74) is 8.10. The molecule has 0 aliphatic carbocycles. The summed E-state index contributed by atoms with van der Waals surface area (Å²) in [6, 6.07) is 18.7. The Labute approximate surface area is 115 Å². The van der Waals surface area contributed by atoms with Gasteiger partial charge in [-0.2, -0.15) is 0 Å². The molecule has 1 heterocycles. The fraction of sp³-hybridized carbons (Fsp3) is 0. The van der Waals surface area contributed by atoms with Gasteiger partial charge in [-0.25, -0.2) is 4.98 Å². The van der Waals surface area contributed by atoms with E-state index < -0.39 is 0 Å². The molecule has 5 nitrogen and oxygen atoms in total. The van der Waals surface area contributed by atoms with Gasteiger partial charge in [0.25, 0.3) is 11.6 Å². The Morgan fingerprint density at radius 3 is 2.00 bits per heavy atom. The number of hydrogen-bond donors (Lipinski definition) is 1. The van der Waals surface area contributed by atoms with Gasteiger partial charge in [0.2, 0.25) is 0 Å². The minimum Gasteiger partial charge on any atom is -0.594 e. The first kappa shape index (κ1) is 12.1. The van der Waals surface area contributed by atoms with Crippen LogP contribution in [0, 0.1) is 5.21 Å². The van der Waals surface area contributed by atoms with Gasteiger partial charge < -0.3 is 10.9 Å². The molecule has 0 unspecified atom stereocenters. The second-order valence-electron chi connectivity index (χ2n) is 4.27. The van der Waals surface area contributed by atoms with Crippen LogP contribution in [0.2, 0.25) is 0 Å². The van der Waals surface area contributed by atoms with Gasteiger partial charge in [0.1, 0.15) is 0 Å². The summed E-state index contributed by atoms with van der Waals surface area (Å²) in [4.78, 5) is 4.75. The van der Waals surface area contributed by atoms with Gasteiger partial charge in [0.15, 0.2) is 5.69 Å². The smallest absolute Gasteiger partial charge is 0.288 e. The summed E-state index contributed by atoms with van der Waals surface area (Å²) in [5.74, 6) is -0.0430. The molecule has 0 radical (unpaired) electrons.